The van der Waals surface area contributed by atoms with Gasteiger partial charge < -0.3 is 14.8 Å². The molecule has 25 heavy (non-hydrogen) atoms. The number of amides is 1. The second kappa shape index (κ2) is 9.56. The third kappa shape index (κ3) is 6.37. The molecule has 0 aliphatic rings. The average Bonchev–Trinajstić information content (AvgIpc) is 2.59. The van der Waals surface area contributed by atoms with Gasteiger partial charge in [-0.15, -0.1) is 0 Å². The molecule has 0 fully saturated rings. The molecule has 2 rings (SSSR count). The molecule has 0 saturated carbocycles. The van der Waals surface area contributed by atoms with E-state index in [2.05, 4.69) is 10.1 Å². The molecule has 1 amide bonds. The molecule has 0 aromatic heterocycles. The number of benzene rings is 2. The first kappa shape index (κ1) is 18.6. The van der Waals surface area contributed by atoms with E-state index in [9.17, 15) is 18.0 Å². The van der Waals surface area contributed by atoms with Crippen LogP contribution in [-0.4, -0.2) is 19.1 Å². The minimum absolute atomic E-state index is 0.0284. The monoisotopic (exact) mass is 353 g/mol. The summed E-state index contributed by atoms with van der Waals surface area (Å²) in [5.41, 5.74) is 0.457. The van der Waals surface area contributed by atoms with Gasteiger partial charge in [-0.05, 0) is 24.6 Å². The largest absolute Gasteiger partial charge is 0.491 e. The highest BCUT2D eigenvalue weighted by molar-refractivity contribution is 5.75. The summed E-state index contributed by atoms with van der Waals surface area (Å²) in [6.07, 6.45) is 0.571. The SMILES string of the molecule is O=C(CCCOc1ccccc1F)NCc1ccccc1OC(F)F. The number of hydrogen-bond acceptors (Lipinski definition) is 3. The number of nitrogens with one attached hydrogen (secondary N) is 1. The van der Waals surface area contributed by atoms with E-state index in [-0.39, 0.29) is 37.0 Å². The second-order valence-electron chi connectivity index (χ2n) is 5.15. The van der Waals surface area contributed by atoms with E-state index in [0.29, 0.717) is 12.0 Å². The summed E-state index contributed by atoms with van der Waals surface area (Å²) >= 11 is 0. The molecule has 0 atom stereocenters. The Balaban J connectivity index is 1.72. The van der Waals surface area contributed by atoms with Gasteiger partial charge in [-0.25, -0.2) is 4.39 Å². The van der Waals surface area contributed by atoms with Gasteiger partial charge in [0, 0.05) is 18.5 Å². The Bertz CT molecular complexity index is 695. The lowest BCUT2D eigenvalue weighted by molar-refractivity contribution is -0.121. The molecule has 4 nitrogen and oxygen atoms in total. The fourth-order valence-electron chi connectivity index (χ4n) is 2.12. The Kier molecular flexibility index (Phi) is 7.13. The standard InChI is InChI=1S/C18H18F3NO3/c19-14-7-2-4-9-16(14)24-11-5-10-17(23)22-12-13-6-1-3-8-15(13)25-18(20)21/h1-4,6-9,18H,5,10-12H2,(H,22,23). The van der Waals surface area contributed by atoms with Crippen molar-refractivity contribution in [2.75, 3.05) is 6.61 Å². The molecule has 0 radical (unpaired) electrons. The van der Waals surface area contributed by atoms with Gasteiger partial charge in [-0.2, -0.15) is 8.78 Å². The Morgan fingerprint density at radius 3 is 2.44 bits per heavy atom. The molecular formula is C18H18F3NO3. The number of para-hydroxylation sites is 2. The van der Waals surface area contributed by atoms with Crippen LogP contribution in [0.15, 0.2) is 48.5 Å². The fourth-order valence-corrected chi connectivity index (χ4v) is 2.12. The van der Waals surface area contributed by atoms with E-state index in [1.54, 1.807) is 30.3 Å². The Hall–Kier alpha value is -2.70. The zero-order valence-corrected chi connectivity index (χ0v) is 13.4. The molecule has 2 aromatic rings. The molecule has 0 saturated heterocycles. The average molecular weight is 353 g/mol. The van der Waals surface area contributed by atoms with Crippen molar-refractivity contribution in [2.45, 2.75) is 26.0 Å². The highest BCUT2D eigenvalue weighted by Crippen LogP contribution is 2.20. The van der Waals surface area contributed by atoms with Gasteiger partial charge in [-0.1, -0.05) is 30.3 Å². The first-order valence-electron chi connectivity index (χ1n) is 7.73. The summed E-state index contributed by atoms with van der Waals surface area (Å²) in [5.74, 6) is -0.548. The first-order valence-corrected chi connectivity index (χ1v) is 7.73. The van der Waals surface area contributed by atoms with Gasteiger partial charge in [0.2, 0.25) is 5.91 Å². The number of hydrogen-bond donors (Lipinski definition) is 1. The Morgan fingerprint density at radius 1 is 1.04 bits per heavy atom. The highest BCUT2D eigenvalue weighted by Gasteiger charge is 2.10. The van der Waals surface area contributed by atoms with Gasteiger partial charge in [0.15, 0.2) is 11.6 Å². The zero-order chi connectivity index (χ0) is 18.1. The van der Waals surface area contributed by atoms with E-state index in [0.717, 1.165) is 0 Å². The number of carbonyl (C=O) groups is 1. The van der Waals surface area contributed by atoms with Gasteiger partial charge in [-0.3, -0.25) is 4.79 Å². The molecule has 0 aliphatic carbocycles. The van der Waals surface area contributed by atoms with Crippen molar-refractivity contribution in [1.82, 2.24) is 5.32 Å². The summed E-state index contributed by atoms with van der Waals surface area (Å²) in [5, 5.41) is 2.63. The lowest BCUT2D eigenvalue weighted by atomic mass is 10.2. The van der Waals surface area contributed by atoms with Crippen molar-refractivity contribution in [2.24, 2.45) is 0 Å². The van der Waals surface area contributed by atoms with Crippen LogP contribution in [0.25, 0.3) is 0 Å². The number of ether oxygens (including phenoxy) is 2. The summed E-state index contributed by atoms with van der Waals surface area (Å²) < 4.78 is 47.6. The second-order valence-corrected chi connectivity index (χ2v) is 5.15. The molecule has 0 aliphatic heterocycles. The minimum atomic E-state index is -2.92. The predicted molar refractivity (Wildman–Crippen MR) is 86.0 cm³/mol. The zero-order valence-electron chi connectivity index (χ0n) is 13.4. The van der Waals surface area contributed by atoms with E-state index in [1.807, 2.05) is 0 Å². The van der Waals surface area contributed by atoms with Crippen LogP contribution in [0.5, 0.6) is 11.5 Å². The molecule has 2 aromatic carbocycles. The topological polar surface area (TPSA) is 47.6 Å². The van der Waals surface area contributed by atoms with Crippen molar-refractivity contribution in [3.63, 3.8) is 0 Å². The fraction of sp³-hybridized carbons (Fsp3) is 0.278. The molecule has 0 unspecified atom stereocenters. The van der Waals surface area contributed by atoms with Crippen molar-refractivity contribution < 1.29 is 27.4 Å². The lowest BCUT2D eigenvalue weighted by Crippen LogP contribution is -2.23. The quantitative estimate of drug-likeness (QED) is 0.696. The summed E-state index contributed by atoms with van der Waals surface area (Å²) in [7, 11) is 0. The molecule has 1 N–H and O–H groups in total. The maximum Gasteiger partial charge on any atom is 0.387 e. The highest BCUT2D eigenvalue weighted by atomic mass is 19.3. The van der Waals surface area contributed by atoms with Crippen LogP contribution < -0.4 is 14.8 Å². The minimum Gasteiger partial charge on any atom is -0.491 e. The third-order valence-electron chi connectivity index (χ3n) is 3.31. The summed E-state index contributed by atoms with van der Waals surface area (Å²) in [6.45, 7) is -2.65. The number of rotatable bonds is 9. The molecule has 7 heteroatoms. The normalized spacial score (nSPS) is 10.6. The number of carbonyl (C=O) groups excluding carboxylic acids is 1. The van der Waals surface area contributed by atoms with Crippen molar-refractivity contribution in [3.05, 3.63) is 59.9 Å². The first-order chi connectivity index (χ1) is 12.1. The van der Waals surface area contributed by atoms with Crippen LogP contribution in [0.3, 0.4) is 0 Å². The molecule has 0 heterocycles. The van der Waals surface area contributed by atoms with Gasteiger partial charge in [0.25, 0.3) is 0 Å². The van der Waals surface area contributed by atoms with E-state index < -0.39 is 12.4 Å². The number of alkyl halides is 2. The van der Waals surface area contributed by atoms with Crippen LogP contribution in [0.4, 0.5) is 13.2 Å². The van der Waals surface area contributed by atoms with Gasteiger partial charge in [0.05, 0.1) is 6.61 Å². The molecule has 0 spiro atoms. The van der Waals surface area contributed by atoms with E-state index in [4.69, 9.17) is 4.74 Å². The van der Waals surface area contributed by atoms with Crippen molar-refractivity contribution in [1.29, 1.82) is 0 Å². The van der Waals surface area contributed by atoms with Crippen LogP contribution in [0.2, 0.25) is 0 Å². The van der Waals surface area contributed by atoms with Crippen LogP contribution >= 0.6 is 0 Å². The molecule has 134 valence electrons. The Morgan fingerprint density at radius 2 is 1.72 bits per heavy atom. The van der Waals surface area contributed by atoms with E-state index >= 15 is 0 Å². The lowest BCUT2D eigenvalue weighted by Gasteiger charge is -2.11. The van der Waals surface area contributed by atoms with Crippen molar-refractivity contribution >= 4 is 5.91 Å². The summed E-state index contributed by atoms with van der Waals surface area (Å²) in [6, 6.07) is 12.3. The van der Waals surface area contributed by atoms with Crippen LogP contribution in [-0.2, 0) is 11.3 Å². The molecular weight excluding hydrogens is 335 g/mol. The summed E-state index contributed by atoms with van der Waals surface area (Å²) in [4.78, 5) is 11.8. The van der Waals surface area contributed by atoms with Crippen LogP contribution in [0.1, 0.15) is 18.4 Å². The maximum absolute atomic E-state index is 13.3. The van der Waals surface area contributed by atoms with E-state index in [1.165, 1.54) is 18.2 Å². The molecule has 0 bridgehead atoms. The third-order valence-corrected chi connectivity index (χ3v) is 3.31. The van der Waals surface area contributed by atoms with Crippen molar-refractivity contribution in [3.8, 4) is 11.5 Å². The van der Waals surface area contributed by atoms with Crippen LogP contribution in [0, 0.1) is 5.82 Å². The maximum atomic E-state index is 13.3. The van der Waals surface area contributed by atoms with Gasteiger partial charge >= 0.3 is 6.61 Å². The Labute approximate surface area is 143 Å². The van der Waals surface area contributed by atoms with Gasteiger partial charge in [0.1, 0.15) is 5.75 Å². The predicted octanol–water partition coefficient (Wildman–Crippen LogP) is 3.90. The smallest absolute Gasteiger partial charge is 0.387 e. The number of halogens is 3.